The lowest BCUT2D eigenvalue weighted by Crippen LogP contribution is -2.32. The van der Waals surface area contributed by atoms with Crippen LogP contribution in [0.2, 0.25) is 0 Å². The van der Waals surface area contributed by atoms with Crippen molar-refractivity contribution in [2.24, 2.45) is 0 Å². The molecule has 1 heterocycles. The van der Waals surface area contributed by atoms with Crippen molar-refractivity contribution in [3.63, 3.8) is 0 Å². The van der Waals surface area contributed by atoms with Crippen molar-refractivity contribution >= 4 is 12.1 Å². The molecular weight excluding hydrogens is 259 g/mol. The fraction of sp³-hybridized carbons (Fsp3) is 0.417. The van der Waals surface area contributed by atoms with E-state index in [-0.39, 0.29) is 17.9 Å². The van der Waals surface area contributed by atoms with Crippen LogP contribution in [-0.4, -0.2) is 23.2 Å². The van der Waals surface area contributed by atoms with Gasteiger partial charge in [0.05, 0.1) is 11.8 Å². The van der Waals surface area contributed by atoms with Crippen molar-refractivity contribution in [3.8, 4) is 0 Å². The predicted molar refractivity (Wildman–Crippen MR) is 62.6 cm³/mol. The average Bonchev–Trinajstić information content (AvgIpc) is 2.32. The summed E-state index contributed by atoms with van der Waals surface area (Å²) in [5.74, 6) is -0.144. The van der Waals surface area contributed by atoms with Gasteiger partial charge in [-0.15, -0.1) is 0 Å². The maximum Gasteiger partial charge on any atom is 0.417 e. The highest BCUT2D eigenvalue weighted by Crippen LogP contribution is 2.38. The SMILES string of the molecule is N=CC(=N)OC1CC(c2ccc(C(F)(F)F)cn2)C1. The first-order chi connectivity index (χ1) is 8.90. The van der Waals surface area contributed by atoms with E-state index in [1.807, 2.05) is 0 Å². The Balaban J connectivity index is 1.92. The third kappa shape index (κ3) is 3.10. The maximum absolute atomic E-state index is 12.4. The summed E-state index contributed by atoms with van der Waals surface area (Å²) >= 11 is 0. The molecule has 0 unspecified atom stereocenters. The number of rotatable bonds is 3. The topological polar surface area (TPSA) is 69.8 Å². The molecule has 1 fully saturated rings. The minimum atomic E-state index is -4.37. The molecule has 1 saturated carbocycles. The minimum absolute atomic E-state index is 0.0609. The van der Waals surface area contributed by atoms with Crippen LogP contribution in [0.25, 0.3) is 0 Å². The lowest BCUT2D eigenvalue weighted by molar-refractivity contribution is -0.137. The Bertz CT molecular complexity index is 478. The number of alkyl halides is 3. The van der Waals surface area contributed by atoms with Crippen LogP contribution in [0.1, 0.15) is 30.0 Å². The summed E-state index contributed by atoms with van der Waals surface area (Å²) < 4.78 is 42.2. The Morgan fingerprint density at radius 1 is 1.37 bits per heavy atom. The van der Waals surface area contributed by atoms with Crippen molar-refractivity contribution in [2.45, 2.75) is 31.0 Å². The van der Waals surface area contributed by atoms with Crippen molar-refractivity contribution in [1.29, 1.82) is 10.8 Å². The lowest BCUT2D eigenvalue weighted by Gasteiger charge is -2.34. The van der Waals surface area contributed by atoms with Gasteiger partial charge < -0.3 is 10.1 Å². The van der Waals surface area contributed by atoms with Crippen LogP contribution in [-0.2, 0) is 10.9 Å². The van der Waals surface area contributed by atoms with Crippen LogP contribution in [0, 0.1) is 10.8 Å². The van der Waals surface area contributed by atoms with E-state index < -0.39 is 11.7 Å². The standard InChI is InChI=1S/C12H12F3N3O/c13-12(14,15)8-1-2-10(18-6-8)7-3-9(4-7)19-11(17)5-16/h1-2,5-7,9,16-17H,3-4H2. The summed E-state index contributed by atoms with van der Waals surface area (Å²) in [6.07, 6.45) is -1.66. The van der Waals surface area contributed by atoms with Gasteiger partial charge in [-0.2, -0.15) is 13.2 Å². The fourth-order valence-electron chi connectivity index (χ4n) is 1.93. The van der Waals surface area contributed by atoms with Gasteiger partial charge in [0, 0.05) is 17.8 Å². The molecule has 1 aromatic rings. The second kappa shape index (κ2) is 4.99. The van der Waals surface area contributed by atoms with E-state index >= 15 is 0 Å². The summed E-state index contributed by atoms with van der Waals surface area (Å²) in [6, 6.07) is 2.40. The number of halogens is 3. The molecule has 1 aliphatic rings. The number of pyridine rings is 1. The number of hydrogen-bond acceptors (Lipinski definition) is 4. The van der Waals surface area contributed by atoms with E-state index in [1.54, 1.807) is 0 Å². The average molecular weight is 271 g/mol. The highest BCUT2D eigenvalue weighted by atomic mass is 19.4. The van der Waals surface area contributed by atoms with E-state index in [0.717, 1.165) is 18.5 Å². The third-order valence-corrected chi connectivity index (χ3v) is 3.05. The molecule has 0 amide bonds. The van der Waals surface area contributed by atoms with Gasteiger partial charge in [-0.05, 0) is 25.0 Å². The first kappa shape index (κ1) is 13.5. The fourth-order valence-corrected chi connectivity index (χ4v) is 1.93. The van der Waals surface area contributed by atoms with E-state index in [2.05, 4.69) is 4.98 Å². The summed E-state index contributed by atoms with van der Waals surface area (Å²) in [5.41, 5.74) is -0.150. The molecule has 0 bridgehead atoms. The Morgan fingerprint density at radius 3 is 2.53 bits per heavy atom. The summed E-state index contributed by atoms with van der Waals surface area (Å²) in [5, 5.41) is 14.0. The molecule has 0 spiro atoms. The second-order valence-corrected chi connectivity index (χ2v) is 4.39. The number of nitrogens with zero attached hydrogens (tertiary/aromatic N) is 1. The normalized spacial score (nSPS) is 22.5. The largest absolute Gasteiger partial charge is 0.474 e. The Kier molecular flexibility index (Phi) is 3.55. The first-order valence-corrected chi connectivity index (χ1v) is 5.69. The van der Waals surface area contributed by atoms with Crippen molar-refractivity contribution in [1.82, 2.24) is 4.98 Å². The zero-order chi connectivity index (χ0) is 14.0. The third-order valence-electron chi connectivity index (χ3n) is 3.05. The molecule has 4 nitrogen and oxygen atoms in total. The molecule has 0 atom stereocenters. The molecule has 2 rings (SSSR count). The molecule has 19 heavy (non-hydrogen) atoms. The van der Waals surface area contributed by atoms with Gasteiger partial charge in [0.25, 0.3) is 0 Å². The number of aromatic nitrogens is 1. The number of hydrogen-bond donors (Lipinski definition) is 2. The molecule has 2 N–H and O–H groups in total. The molecule has 0 aromatic carbocycles. The Labute approximate surface area is 107 Å². The summed E-state index contributed by atoms with van der Waals surface area (Å²) in [7, 11) is 0. The molecule has 1 aromatic heterocycles. The summed E-state index contributed by atoms with van der Waals surface area (Å²) in [6.45, 7) is 0. The monoisotopic (exact) mass is 271 g/mol. The smallest absolute Gasteiger partial charge is 0.417 e. The van der Waals surface area contributed by atoms with Gasteiger partial charge in [0.1, 0.15) is 6.10 Å². The summed E-state index contributed by atoms with van der Waals surface area (Å²) in [4.78, 5) is 3.83. The van der Waals surface area contributed by atoms with Crippen LogP contribution in [0.4, 0.5) is 13.2 Å². The molecular formula is C12H12F3N3O. The Hall–Kier alpha value is -1.92. The van der Waals surface area contributed by atoms with Crippen LogP contribution in [0.5, 0.6) is 0 Å². The quantitative estimate of drug-likeness (QED) is 0.655. The number of nitrogens with one attached hydrogen (secondary N) is 2. The minimum Gasteiger partial charge on any atom is -0.474 e. The van der Waals surface area contributed by atoms with Crippen LogP contribution >= 0.6 is 0 Å². The highest BCUT2D eigenvalue weighted by molar-refractivity contribution is 6.23. The molecule has 7 heteroatoms. The zero-order valence-corrected chi connectivity index (χ0v) is 9.87. The van der Waals surface area contributed by atoms with Gasteiger partial charge in [0.2, 0.25) is 5.90 Å². The van der Waals surface area contributed by atoms with Crippen LogP contribution in [0.15, 0.2) is 18.3 Å². The lowest BCUT2D eigenvalue weighted by atomic mass is 9.79. The van der Waals surface area contributed by atoms with Gasteiger partial charge in [-0.1, -0.05) is 0 Å². The van der Waals surface area contributed by atoms with Crippen LogP contribution in [0.3, 0.4) is 0 Å². The van der Waals surface area contributed by atoms with E-state index in [9.17, 15) is 13.2 Å². The van der Waals surface area contributed by atoms with Gasteiger partial charge in [-0.3, -0.25) is 10.4 Å². The Morgan fingerprint density at radius 2 is 2.05 bits per heavy atom. The first-order valence-electron chi connectivity index (χ1n) is 5.69. The van der Waals surface area contributed by atoms with E-state index in [0.29, 0.717) is 18.5 Å². The van der Waals surface area contributed by atoms with Gasteiger partial charge >= 0.3 is 6.18 Å². The van der Waals surface area contributed by atoms with Gasteiger partial charge in [-0.25, -0.2) is 0 Å². The predicted octanol–water partition coefficient (Wildman–Crippen LogP) is 2.99. The maximum atomic E-state index is 12.4. The van der Waals surface area contributed by atoms with Crippen LogP contribution < -0.4 is 0 Å². The van der Waals surface area contributed by atoms with Crippen molar-refractivity contribution in [3.05, 3.63) is 29.6 Å². The zero-order valence-electron chi connectivity index (χ0n) is 9.87. The van der Waals surface area contributed by atoms with E-state index in [4.69, 9.17) is 15.6 Å². The van der Waals surface area contributed by atoms with Crippen molar-refractivity contribution < 1.29 is 17.9 Å². The van der Waals surface area contributed by atoms with E-state index in [1.165, 1.54) is 6.07 Å². The molecule has 102 valence electrons. The van der Waals surface area contributed by atoms with Crippen molar-refractivity contribution in [2.75, 3.05) is 0 Å². The molecule has 0 saturated heterocycles. The molecule has 0 aliphatic heterocycles. The number of ether oxygens (including phenoxy) is 1. The van der Waals surface area contributed by atoms with Gasteiger partial charge in [0.15, 0.2) is 0 Å². The second-order valence-electron chi connectivity index (χ2n) is 4.39. The molecule has 1 aliphatic carbocycles. The molecule has 0 radical (unpaired) electrons. The highest BCUT2D eigenvalue weighted by Gasteiger charge is 2.35.